The second-order valence-electron chi connectivity index (χ2n) is 4.25. The number of rotatable bonds is 5. The van der Waals surface area contributed by atoms with Gasteiger partial charge in [-0.2, -0.15) is 20.1 Å². The summed E-state index contributed by atoms with van der Waals surface area (Å²) in [5, 5.41) is 7.22. The Bertz CT molecular complexity index is 556. The summed E-state index contributed by atoms with van der Waals surface area (Å²) in [6.45, 7) is 4.33. The van der Waals surface area contributed by atoms with Gasteiger partial charge in [0, 0.05) is 25.4 Å². The van der Waals surface area contributed by atoms with E-state index in [1.165, 1.54) is 0 Å². The molecule has 0 radical (unpaired) electrons. The molecule has 2 aromatic heterocycles. The Hall–Kier alpha value is -1.89. The lowest BCUT2D eigenvalue weighted by Gasteiger charge is -2.09. The van der Waals surface area contributed by atoms with Gasteiger partial charge < -0.3 is 10.1 Å². The van der Waals surface area contributed by atoms with Crippen LogP contribution in [0.25, 0.3) is 0 Å². The van der Waals surface area contributed by atoms with Gasteiger partial charge >= 0.3 is 6.01 Å². The molecular formula is C11H15ClN6O. The second kappa shape index (κ2) is 5.83. The molecule has 0 fully saturated rings. The van der Waals surface area contributed by atoms with E-state index in [1.807, 2.05) is 27.1 Å². The highest BCUT2D eigenvalue weighted by atomic mass is 35.5. The maximum absolute atomic E-state index is 5.82. The van der Waals surface area contributed by atoms with Gasteiger partial charge in [-0.15, -0.1) is 0 Å². The third-order valence-electron chi connectivity index (χ3n) is 2.14. The van der Waals surface area contributed by atoms with E-state index in [0.717, 1.165) is 5.56 Å². The van der Waals surface area contributed by atoms with Gasteiger partial charge in [-0.1, -0.05) is 0 Å². The molecule has 0 aliphatic carbocycles. The predicted octanol–water partition coefficient (Wildman–Crippen LogP) is 1.66. The lowest BCUT2D eigenvalue weighted by atomic mass is 10.4. The molecule has 0 unspecified atom stereocenters. The van der Waals surface area contributed by atoms with Crippen LogP contribution >= 0.6 is 11.6 Å². The third-order valence-corrected chi connectivity index (χ3v) is 2.31. The van der Waals surface area contributed by atoms with Crippen molar-refractivity contribution in [2.24, 2.45) is 7.05 Å². The summed E-state index contributed by atoms with van der Waals surface area (Å²) >= 11 is 5.82. The predicted molar refractivity (Wildman–Crippen MR) is 71.1 cm³/mol. The van der Waals surface area contributed by atoms with Crippen LogP contribution in [-0.4, -0.2) is 30.8 Å². The maximum Gasteiger partial charge on any atom is 0.322 e. The van der Waals surface area contributed by atoms with Crippen molar-refractivity contribution >= 4 is 17.5 Å². The molecule has 7 nitrogen and oxygen atoms in total. The highest BCUT2D eigenvalue weighted by molar-refractivity contribution is 6.28. The van der Waals surface area contributed by atoms with Gasteiger partial charge in [-0.3, -0.25) is 4.68 Å². The molecule has 0 aromatic carbocycles. The number of ether oxygens (including phenoxy) is 1. The topological polar surface area (TPSA) is 77.8 Å². The van der Waals surface area contributed by atoms with Gasteiger partial charge in [0.25, 0.3) is 0 Å². The molecule has 0 saturated carbocycles. The molecule has 2 rings (SSSR count). The van der Waals surface area contributed by atoms with Crippen molar-refractivity contribution in [1.82, 2.24) is 24.7 Å². The van der Waals surface area contributed by atoms with E-state index < -0.39 is 0 Å². The van der Waals surface area contributed by atoms with E-state index in [1.54, 1.807) is 10.9 Å². The zero-order valence-electron chi connectivity index (χ0n) is 11.0. The van der Waals surface area contributed by atoms with Gasteiger partial charge in [-0.25, -0.2) is 0 Å². The van der Waals surface area contributed by atoms with Crippen molar-refractivity contribution in [2.45, 2.75) is 26.5 Å². The number of hydrogen-bond acceptors (Lipinski definition) is 6. The number of nitrogens with zero attached hydrogens (tertiary/aromatic N) is 5. The molecule has 0 bridgehead atoms. The average Bonchev–Trinajstić information content (AvgIpc) is 2.71. The van der Waals surface area contributed by atoms with Crippen LogP contribution in [0.5, 0.6) is 6.01 Å². The minimum Gasteiger partial charge on any atom is -0.461 e. The van der Waals surface area contributed by atoms with E-state index in [2.05, 4.69) is 25.4 Å². The number of nitrogens with one attached hydrogen (secondary N) is 1. The van der Waals surface area contributed by atoms with Crippen LogP contribution in [0.4, 0.5) is 5.95 Å². The Balaban J connectivity index is 2.05. The van der Waals surface area contributed by atoms with Gasteiger partial charge in [0.05, 0.1) is 12.3 Å². The summed E-state index contributed by atoms with van der Waals surface area (Å²) in [6.07, 6.45) is 3.65. The van der Waals surface area contributed by atoms with Gasteiger partial charge in [0.15, 0.2) is 0 Å². The molecule has 2 heterocycles. The Morgan fingerprint density at radius 3 is 2.79 bits per heavy atom. The molecule has 0 aliphatic heterocycles. The lowest BCUT2D eigenvalue weighted by Crippen LogP contribution is -2.11. The average molecular weight is 283 g/mol. The first-order valence-electron chi connectivity index (χ1n) is 5.82. The van der Waals surface area contributed by atoms with Crippen LogP contribution < -0.4 is 10.1 Å². The smallest absolute Gasteiger partial charge is 0.322 e. The van der Waals surface area contributed by atoms with Crippen LogP contribution in [0, 0.1) is 0 Å². The first-order valence-corrected chi connectivity index (χ1v) is 6.20. The van der Waals surface area contributed by atoms with Crippen molar-refractivity contribution in [3.8, 4) is 6.01 Å². The van der Waals surface area contributed by atoms with Gasteiger partial charge in [0.2, 0.25) is 11.2 Å². The monoisotopic (exact) mass is 282 g/mol. The van der Waals surface area contributed by atoms with E-state index in [9.17, 15) is 0 Å². The molecule has 2 aromatic rings. The minimum absolute atomic E-state index is 0.0235. The molecule has 0 spiro atoms. The molecule has 8 heteroatoms. The van der Waals surface area contributed by atoms with Crippen LogP contribution in [0.2, 0.25) is 5.28 Å². The molecule has 1 N–H and O–H groups in total. The van der Waals surface area contributed by atoms with Crippen molar-refractivity contribution in [3.05, 3.63) is 23.2 Å². The number of aromatic nitrogens is 5. The highest BCUT2D eigenvalue weighted by Crippen LogP contribution is 2.13. The molecular weight excluding hydrogens is 268 g/mol. The quantitative estimate of drug-likeness (QED) is 0.898. The highest BCUT2D eigenvalue weighted by Gasteiger charge is 2.07. The number of halogens is 1. The van der Waals surface area contributed by atoms with Crippen molar-refractivity contribution in [2.75, 3.05) is 5.32 Å². The van der Waals surface area contributed by atoms with Crippen molar-refractivity contribution in [3.63, 3.8) is 0 Å². The third kappa shape index (κ3) is 4.06. The summed E-state index contributed by atoms with van der Waals surface area (Å²) in [4.78, 5) is 12.0. The van der Waals surface area contributed by atoms with Crippen molar-refractivity contribution in [1.29, 1.82) is 0 Å². The molecule has 102 valence electrons. The Kier molecular flexibility index (Phi) is 4.16. The van der Waals surface area contributed by atoms with Crippen molar-refractivity contribution < 1.29 is 4.74 Å². The van der Waals surface area contributed by atoms with Crippen LogP contribution in [0.1, 0.15) is 19.4 Å². The fourth-order valence-electron chi connectivity index (χ4n) is 1.42. The SMILES string of the molecule is CC(C)Oc1nc(Cl)nc(NCc2cnn(C)c2)n1. The number of anilines is 1. The zero-order chi connectivity index (χ0) is 13.8. The fourth-order valence-corrected chi connectivity index (χ4v) is 1.57. The first kappa shape index (κ1) is 13.5. The van der Waals surface area contributed by atoms with E-state index in [-0.39, 0.29) is 17.4 Å². The summed E-state index contributed by atoms with van der Waals surface area (Å²) < 4.78 is 7.12. The largest absolute Gasteiger partial charge is 0.461 e. The number of hydrogen-bond donors (Lipinski definition) is 1. The summed E-state index contributed by atoms with van der Waals surface area (Å²) in [6, 6.07) is 0.212. The second-order valence-corrected chi connectivity index (χ2v) is 4.59. The Morgan fingerprint density at radius 2 is 2.16 bits per heavy atom. The first-order chi connectivity index (χ1) is 9.02. The van der Waals surface area contributed by atoms with Crippen LogP contribution in [-0.2, 0) is 13.6 Å². The fraction of sp³-hybridized carbons (Fsp3) is 0.455. The van der Waals surface area contributed by atoms with E-state index >= 15 is 0 Å². The van der Waals surface area contributed by atoms with E-state index in [0.29, 0.717) is 12.5 Å². The Labute approximate surface area is 116 Å². The standard InChI is InChI=1S/C11H15ClN6O/c1-7(2)19-11-16-9(12)15-10(17-11)13-4-8-5-14-18(3)6-8/h5-7H,4H2,1-3H3,(H,13,15,16,17). The summed E-state index contributed by atoms with van der Waals surface area (Å²) in [5.74, 6) is 0.375. The minimum atomic E-state index is -0.0235. The normalized spacial score (nSPS) is 10.8. The summed E-state index contributed by atoms with van der Waals surface area (Å²) in [5.41, 5.74) is 1.02. The number of aryl methyl sites for hydroxylation is 1. The molecule has 0 aliphatic rings. The van der Waals surface area contributed by atoms with Crippen LogP contribution in [0.3, 0.4) is 0 Å². The lowest BCUT2D eigenvalue weighted by molar-refractivity contribution is 0.222. The molecule has 0 saturated heterocycles. The van der Waals surface area contributed by atoms with E-state index in [4.69, 9.17) is 16.3 Å². The molecule has 0 atom stereocenters. The van der Waals surface area contributed by atoms with Gasteiger partial charge in [0.1, 0.15) is 0 Å². The van der Waals surface area contributed by atoms with Gasteiger partial charge in [-0.05, 0) is 25.4 Å². The summed E-state index contributed by atoms with van der Waals surface area (Å²) in [7, 11) is 1.86. The molecule has 19 heavy (non-hydrogen) atoms. The Morgan fingerprint density at radius 1 is 1.37 bits per heavy atom. The zero-order valence-corrected chi connectivity index (χ0v) is 11.7. The maximum atomic E-state index is 5.82. The van der Waals surface area contributed by atoms with Crippen LogP contribution in [0.15, 0.2) is 12.4 Å². The molecule has 0 amide bonds.